The number of hydrogen-bond acceptors (Lipinski definition) is 3. The molecule has 0 unspecified atom stereocenters. The van der Waals surface area contributed by atoms with Gasteiger partial charge in [0, 0.05) is 5.92 Å². The summed E-state index contributed by atoms with van der Waals surface area (Å²) in [5, 5.41) is 8.63. The van der Waals surface area contributed by atoms with Crippen LogP contribution in [0.2, 0.25) is 0 Å². The Morgan fingerprint density at radius 1 is 1.00 bits per heavy atom. The van der Waals surface area contributed by atoms with Gasteiger partial charge in [-0.3, -0.25) is 0 Å². The van der Waals surface area contributed by atoms with E-state index in [2.05, 4.69) is 6.07 Å². The highest BCUT2D eigenvalue weighted by Crippen LogP contribution is 2.53. The molecule has 0 N–H and O–H groups in total. The van der Waals surface area contributed by atoms with Crippen LogP contribution in [0, 0.1) is 24.2 Å². The van der Waals surface area contributed by atoms with E-state index >= 15 is 0 Å². The van der Waals surface area contributed by atoms with E-state index in [9.17, 15) is 13.7 Å². The van der Waals surface area contributed by atoms with Crippen molar-refractivity contribution in [1.29, 1.82) is 5.26 Å². The zero-order chi connectivity index (χ0) is 15.0. The third kappa shape index (κ3) is 2.34. The first-order valence-corrected chi connectivity index (χ1v) is 8.35. The van der Waals surface area contributed by atoms with Gasteiger partial charge in [0.05, 0.1) is 22.1 Å². The molecular weight excluding hydrogens is 282 g/mol. The molecule has 0 aromatic heterocycles. The summed E-state index contributed by atoms with van der Waals surface area (Å²) in [5.74, 6) is -0.682. The lowest BCUT2D eigenvalue weighted by atomic mass is 10.1. The van der Waals surface area contributed by atoms with Crippen molar-refractivity contribution in [2.45, 2.75) is 23.0 Å². The van der Waals surface area contributed by atoms with Crippen LogP contribution in [0.25, 0.3) is 0 Å². The average Bonchev–Trinajstić information content (AvgIpc) is 3.24. The quantitative estimate of drug-likeness (QED) is 0.874. The first-order valence-electron chi connectivity index (χ1n) is 6.81. The summed E-state index contributed by atoms with van der Waals surface area (Å²) in [4.78, 5) is 0.296. The van der Waals surface area contributed by atoms with E-state index in [1.165, 1.54) is 0 Å². The van der Waals surface area contributed by atoms with E-state index in [1.54, 1.807) is 30.3 Å². The minimum atomic E-state index is -3.46. The smallest absolute Gasteiger partial charge is 0.183 e. The Kier molecular flexibility index (Phi) is 3.30. The number of rotatable bonds is 3. The summed E-state index contributed by atoms with van der Waals surface area (Å²) in [7, 11) is -3.46. The SMILES string of the molecule is Cc1ccc([C@@H]2[C@H](C#N)[C@H]2S(=O)(=O)c2ccccc2)cc1. The van der Waals surface area contributed by atoms with Crippen molar-refractivity contribution >= 4 is 9.84 Å². The third-order valence-electron chi connectivity index (χ3n) is 4.00. The molecule has 3 rings (SSSR count). The van der Waals surface area contributed by atoms with Crippen molar-refractivity contribution in [3.05, 3.63) is 65.7 Å². The Morgan fingerprint density at radius 2 is 1.62 bits per heavy atom. The standard InChI is InChI=1S/C17H15NO2S/c1-12-7-9-13(10-8-12)16-15(11-18)17(16)21(19,20)14-5-3-2-4-6-14/h2-10,15-17H,1H3/t15-,16+,17+/m0/s1. The van der Waals surface area contributed by atoms with Crippen molar-refractivity contribution in [2.24, 2.45) is 5.92 Å². The maximum Gasteiger partial charge on any atom is 0.183 e. The molecule has 3 nitrogen and oxygen atoms in total. The van der Waals surface area contributed by atoms with Crippen LogP contribution in [0.5, 0.6) is 0 Å². The topological polar surface area (TPSA) is 57.9 Å². The molecule has 106 valence electrons. The van der Waals surface area contributed by atoms with E-state index < -0.39 is 21.0 Å². The summed E-state index contributed by atoms with van der Waals surface area (Å²) in [5.41, 5.74) is 2.05. The van der Waals surface area contributed by atoms with E-state index in [1.807, 2.05) is 31.2 Å². The molecule has 2 aromatic carbocycles. The molecule has 3 atom stereocenters. The van der Waals surface area contributed by atoms with Crippen LogP contribution in [0.1, 0.15) is 17.0 Å². The fourth-order valence-electron chi connectivity index (χ4n) is 2.78. The van der Waals surface area contributed by atoms with Crippen molar-refractivity contribution in [3.8, 4) is 6.07 Å². The van der Waals surface area contributed by atoms with Crippen LogP contribution >= 0.6 is 0 Å². The van der Waals surface area contributed by atoms with Gasteiger partial charge >= 0.3 is 0 Å². The molecule has 0 heterocycles. The molecule has 0 radical (unpaired) electrons. The minimum absolute atomic E-state index is 0.221. The molecule has 1 saturated carbocycles. The molecular formula is C17H15NO2S. The van der Waals surface area contributed by atoms with Gasteiger partial charge in [0.15, 0.2) is 9.84 Å². The molecule has 0 bridgehead atoms. The lowest BCUT2D eigenvalue weighted by Crippen LogP contribution is -2.10. The number of nitrogens with zero attached hydrogens (tertiary/aromatic N) is 1. The Labute approximate surface area is 124 Å². The van der Waals surface area contributed by atoms with Gasteiger partial charge in [-0.05, 0) is 24.6 Å². The second-order valence-corrected chi connectivity index (χ2v) is 7.52. The van der Waals surface area contributed by atoms with Gasteiger partial charge < -0.3 is 0 Å². The highest BCUT2D eigenvalue weighted by molar-refractivity contribution is 7.92. The average molecular weight is 297 g/mol. The van der Waals surface area contributed by atoms with Crippen molar-refractivity contribution < 1.29 is 8.42 Å². The Morgan fingerprint density at radius 3 is 2.19 bits per heavy atom. The predicted octanol–water partition coefficient (Wildman–Crippen LogP) is 3.07. The van der Waals surface area contributed by atoms with Gasteiger partial charge in [-0.15, -0.1) is 0 Å². The second kappa shape index (κ2) is 5.01. The predicted molar refractivity (Wildman–Crippen MR) is 80.4 cm³/mol. The zero-order valence-electron chi connectivity index (χ0n) is 11.6. The molecule has 4 heteroatoms. The highest BCUT2D eigenvalue weighted by atomic mass is 32.2. The van der Waals surface area contributed by atoms with Crippen molar-refractivity contribution in [2.75, 3.05) is 0 Å². The summed E-state index contributed by atoms with van der Waals surface area (Å²) >= 11 is 0. The lowest BCUT2D eigenvalue weighted by molar-refractivity contribution is 0.593. The largest absolute Gasteiger partial charge is 0.223 e. The fraction of sp³-hybridized carbons (Fsp3) is 0.235. The van der Waals surface area contributed by atoms with Gasteiger partial charge in [-0.2, -0.15) is 5.26 Å². The van der Waals surface area contributed by atoms with Crippen molar-refractivity contribution in [1.82, 2.24) is 0 Å². The van der Waals surface area contributed by atoms with Gasteiger partial charge in [0.1, 0.15) is 0 Å². The molecule has 1 aliphatic carbocycles. The Hall–Kier alpha value is -2.12. The summed E-state index contributed by atoms with van der Waals surface area (Å²) in [6.07, 6.45) is 0. The van der Waals surface area contributed by atoms with Gasteiger partial charge in [-0.1, -0.05) is 48.0 Å². The van der Waals surface area contributed by atoms with E-state index in [0.717, 1.165) is 11.1 Å². The molecule has 21 heavy (non-hydrogen) atoms. The lowest BCUT2D eigenvalue weighted by Gasteiger charge is -2.04. The van der Waals surface area contributed by atoms with Crippen LogP contribution in [0.3, 0.4) is 0 Å². The Bertz CT molecular complexity index is 789. The number of hydrogen-bond donors (Lipinski definition) is 0. The Balaban J connectivity index is 1.96. The molecule has 0 saturated heterocycles. The molecule has 1 aliphatic rings. The number of aryl methyl sites for hydroxylation is 1. The maximum atomic E-state index is 12.7. The first kappa shape index (κ1) is 13.8. The van der Waals surface area contributed by atoms with E-state index in [-0.39, 0.29) is 5.92 Å². The molecule has 0 amide bonds. The molecule has 1 fully saturated rings. The summed E-state index contributed by atoms with van der Waals surface area (Å²) in [6.45, 7) is 1.98. The van der Waals surface area contributed by atoms with Crippen LogP contribution in [0.4, 0.5) is 0 Å². The van der Waals surface area contributed by atoms with Gasteiger partial charge in [0.25, 0.3) is 0 Å². The van der Waals surface area contributed by atoms with Crippen LogP contribution in [-0.2, 0) is 9.84 Å². The number of benzene rings is 2. The number of sulfone groups is 1. The van der Waals surface area contributed by atoms with Crippen LogP contribution in [-0.4, -0.2) is 13.7 Å². The highest BCUT2D eigenvalue weighted by Gasteiger charge is 2.59. The zero-order valence-corrected chi connectivity index (χ0v) is 12.4. The monoisotopic (exact) mass is 297 g/mol. The van der Waals surface area contributed by atoms with Gasteiger partial charge in [-0.25, -0.2) is 8.42 Å². The van der Waals surface area contributed by atoms with Crippen LogP contribution in [0.15, 0.2) is 59.5 Å². The summed E-state index contributed by atoms with van der Waals surface area (Å²) < 4.78 is 25.3. The normalized spacial score (nSPS) is 24.3. The van der Waals surface area contributed by atoms with Crippen LogP contribution < -0.4 is 0 Å². The van der Waals surface area contributed by atoms with E-state index in [0.29, 0.717) is 4.90 Å². The minimum Gasteiger partial charge on any atom is -0.223 e. The maximum absolute atomic E-state index is 12.7. The second-order valence-electron chi connectivity index (χ2n) is 5.41. The third-order valence-corrected chi connectivity index (χ3v) is 6.23. The molecule has 2 aromatic rings. The molecule has 0 spiro atoms. The van der Waals surface area contributed by atoms with E-state index in [4.69, 9.17) is 0 Å². The summed E-state index contributed by atoms with van der Waals surface area (Å²) in [6, 6.07) is 18.3. The number of nitriles is 1. The van der Waals surface area contributed by atoms with Gasteiger partial charge in [0.2, 0.25) is 0 Å². The molecule has 0 aliphatic heterocycles. The van der Waals surface area contributed by atoms with Crippen molar-refractivity contribution in [3.63, 3.8) is 0 Å². The first-order chi connectivity index (χ1) is 10.1. The fourth-order valence-corrected chi connectivity index (χ4v) is 4.86.